The van der Waals surface area contributed by atoms with Crippen LogP contribution >= 0.6 is 0 Å². The summed E-state index contributed by atoms with van der Waals surface area (Å²) in [5, 5.41) is 0. The fourth-order valence-electron chi connectivity index (χ4n) is 3.21. The van der Waals surface area contributed by atoms with Crippen LogP contribution in [0, 0.1) is 13.8 Å². The molecule has 0 aliphatic carbocycles. The second kappa shape index (κ2) is 7.03. The predicted octanol–water partition coefficient (Wildman–Crippen LogP) is 4.14. The predicted molar refractivity (Wildman–Crippen MR) is 84.4 cm³/mol. The fraction of sp³-hybridized carbons (Fsp3) is 0.611. The van der Waals surface area contributed by atoms with Gasteiger partial charge in [-0.1, -0.05) is 37.5 Å². The number of aryl methyl sites for hydroxylation is 2. The number of carbonyl (C=O) groups is 1. The molecule has 1 unspecified atom stereocenters. The van der Waals surface area contributed by atoms with Crippen molar-refractivity contribution in [1.82, 2.24) is 4.90 Å². The Labute approximate surface area is 123 Å². The Hall–Kier alpha value is -1.15. The van der Waals surface area contributed by atoms with Crippen LogP contribution in [0.25, 0.3) is 0 Å². The summed E-state index contributed by atoms with van der Waals surface area (Å²) in [6, 6.07) is 6.76. The number of likely N-dealkylation sites (tertiary alicyclic amines) is 1. The molecular weight excluding hydrogens is 246 g/mol. The average Bonchev–Trinajstić information content (AvgIpc) is 2.66. The van der Waals surface area contributed by atoms with Crippen molar-refractivity contribution >= 4 is 5.78 Å². The first-order valence-corrected chi connectivity index (χ1v) is 7.96. The van der Waals surface area contributed by atoms with E-state index >= 15 is 0 Å². The molecule has 2 nitrogen and oxygen atoms in total. The number of carbonyl (C=O) groups excluding carboxylic acids is 1. The number of nitrogens with zero attached hydrogens (tertiary/aromatic N) is 1. The van der Waals surface area contributed by atoms with Crippen molar-refractivity contribution in [1.29, 1.82) is 0 Å². The summed E-state index contributed by atoms with van der Waals surface area (Å²) < 4.78 is 0. The molecule has 2 heteroatoms. The van der Waals surface area contributed by atoms with Gasteiger partial charge < -0.3 is 0 Å². The van der Waals surface area contributed by atoms with E-state index in [1.165, 1.54) is 31.2 Å². The van der Waals surface area contributed by atoms with Gasteiger partial charge in [-0.25, -0.2) is 0 Å². The first kappa shape index (κ1) is 15.2. The van der Waals surface area contributed by atoms with E-state index in [4.69, 9.17) is 0 Å². The van der Waals surface area contributed by atoms with E-state index in [9.17, 15) is 4.79 Å². The number of hydrogen-bond acceptors (Lipinski definition) is 2. The van der Waals surface area contributed by atoms with E-state index < -0.39 is 0 Å². The van der Waals surface area contributed by atoms with Crippen LogP contribution in [-0.4, -0.2) is 29.8 Å². The van der Waals surface area contributed by atoms with E-state index in [1.54, 1.807) is 0 Å². The SMILES string of the molecule is CCC1CCCCCN1CC(=O)c1cc(C)ccc1C. The van der Waals surface area contributed by atoms with Crippen molar-refractivity contribution in [2.24, 2.45) is 0 Å². The molecule has 0 spiro atoms. The van der Waals surface area contributed by atoms with E-state index in [2.05, 4.69) is 30.9 Å². The third-order valence-corrected chi connectivity index (χ3v) is 4.51. The molecule has 1 aliphatic rings. The lowest BCUT2D eigenvalue weighted by molar-refractivity contribution is 0.0890. The van der Waals surface area contributed by atoms with Gasteiger partial charge in [0.15, 0.2) is 5.78 Å². The zero-order chi connectivity index (χ0) is 14.5. The number of benzene rings is 1. The van der Waals surface area contributed by atoms with Crippen LogP contribution < -0.4 is 0 Å². The highest BCUT2D eigenvalue weighted by Crippen LogP contribution is 2.20. The normalized spacial score (nSPS) is 20.6. The monoisotopic (exact) mass is 273 g/mol. The van der Waals surface area contributed by atoms with Gasteiger partial charge in [-0.3, -0.25) is 9.69 Å². The number of rotatable bonds is 4. The van der Waals surface area contributed by atoms with Gasteiger partial charge in [-0.15, -0.1) is 0 Å². The highest BCUT2D eigenvalue weighted by molar-refractivity contribution is 5.99. The number of ketones is 1. The molecule has 0 N–H and O–H groups in total. The lowest BCUT2D eigenvalue weighted by Crippen LogP contribution is -2.38. The molecule has 110 valence electrons. The third kappa shape index (κ3) is 3.69. The van der Waals surface area contributed by atoms with Crippen molar-refractivity contribution in [2.45, 2.75) is 58.9 Å². The summed E-state index contributed by atoms with van der Waals surface area (Å²) in [4.78, 5) is 15.0. The Bertz CT molecular complexity index is 466. The van der Waals surface area contributed by atoms with Gasteiger partial charge in [-0.05, 0) is 51.3 Å². The summed E-state index contributed by atoms with van der Waals surface area (Å²) in [5.74, 6) is 0.284. The summed E-state index contributed by atoms with van der Waals surface area (Å²) in [6.45, 7) is 7.99. The summed E-state index contributed by atoms with van der Waals surface area (Å²) in [6.07, 6.45) is 6.25. The molecule has 0 bridgehead atoms. The maximum Gasteiger partial charge on any atom is 0.177 e. The van der Waals surface area contributed by atoms with Crippen LogP contribution in [0.5, 0.6) is 0 Å². The van der Waals surface area contributed by atoms with Gasteiger partial charge in [0.05, 0.1) is 6.54 Å². The van der Waals surface area contributed by atoms with Crippen molar-refractivity contribution < 1.29 is 4.79 Å². The first-order valence-electron chi connectivity index (χ1n) is 7.96. The quantitative estimate of drug-likeness (QED) is 0.768. The lowest BCUT2D eigenvalue weighted by atomic mass is 10.0. The van der Waals surface area contributed by atoms with Crippen molar-refractivity contribution in [2.75, 3.05) is 13.1 Å². The fourth-order valence-corrected chi connectivity index (χ4v) is 3.21. The smallest absolute Gasteiger partial charge is 0.177 e. The van der Waals surface area contributed by atoms with E-state index in [0.717, 1.165) is 24.1 Å². The molecule has 1 heterocycles. The van der Waals surface area contributed by atoms with Crippen molar-refractivity contribution in [3.8, 4) is 0 Å². The summed E-state index contributed by atoms with van der Waals surface area (Å²) in [7, 11) is 0. The van der Waals surface area contributed by atoms with Gasteiger partial charge in [0, 0.05) is 11.6 Å². The van der Waals surface area contributed by atoms with Crippen LogP contribution in [0.15, 0.2) is 18.2 Å². The molecule has 1 aliphatic heterocycles. The molecule has 1 aromatic rings. The van der Waals surface area contributed by atoms with Crippen LogP contribution in [0.1, 0.15) is 60.5 Å². The summed E-state index contributed by atoms with van der Waals surface area (Å²) >= 11 is 0. The van der Waals surface area contributed by atoms with E-state index in [-0.39, 0.29) is 5.78 Å². The number of hydrogen-bond donors (Lipinski definition) is 0. The van der Waals surface area contributed by atoms with Crippen LogP contribution in [0.3, 0.4) is 0 Å². The van der Waals surface area contributed by atoms with Gasteiger partial charge in [-0.2, -0.15) is 0 Å². The maximum atomic E-state index is 12.6. The minimum atomic E-state index is 0.284. The largest absolute Gasteiger partial charge is 0.293 e. The molecule has 1 atom stereocenters. The average molecular weight is 273 g/mol. The Kier molecular flexibility index (Phi) is 5.36. The molecular formula is C18H27NO. The molecule has 2 rings (SSSR count). The number of Topliss-reactive ketones (excluding diaryl/α,β-unsaturated/α-hetero) is 1. The minimum absolute atomic E-state index is 0.284. The first-order chi connectivity index (χ1) is 9.61. The molecule has 20 heavy (non-hydrogen) atoms. The van der Waals surface area contributed by atoms with Gasteiger partial charge in [0.1, 0.15) is 0 Å². The summed E-state index contributed by atoms with van der Waals surface area (Å²) in [5.41, 5.74) is 3.18. The van der Waals surface area contributed by atoms with Gasteiger partial charge >= 0.3 is 0 Å². The minimum Gasteiger partial charge on any atom is -0.293 e. The third-order valence-electron chi connectivity index (χ3n) is 4.51. The van der Waals surface area contributed by atoms with E-state index in [1.807, 2.05) is 13.0 Å². The topological polar surface area (TPSA) is 20.3 Å². The zero-order valence-corrected chi connectivity index (χ0v) is 13.1. The van der Waals surface area contributed by atoms with E-state index in [0.29, 0.717) is 12.6 Å². The molecule has 0 aromatic heterocycles. The Morgan fingerprint density at radius 2 is 2.05 bits per heavy atom. The van der Waals surface area contributed by atoms with Crippen LogP contribution in [0.2, 0.25) is 0 Å². The molecule has 0 radical (unpaired) electrons. The molecule has 1 fully saturated rings. The maximum absolute atomic E-state index is 12.6. The standard InChI is InChI=1S/C18H27NO/c1-4-16-8-6-5-7-11-19(16)13-18(20)17-12-14(2)9-10-15(17)3/h9-10,12,16H,4-8,11,13H2,1-3H3. The Morgan fingerprint density at radius 3 is 2.80 bits per heavy atom. The Morgan fingerprint density at radius 1 is 1.25 bits per heavy atom. The Balaban J connectivity index is 2.11. The molecule has 1 aromatic carbocycles. The van der Waals surface area contributed by atoms with Crippen LogP contribution in [0.4, 0.5) is 0 Å². The second-order valence-electron chi connectivity index (χ2n) is 6.12. The lowest BCUT2D eigenvalue weighted by Gasteiger charge is -2.28. The van der Waals surface area contributed by atoms with Crippen molar-refractivity contribution in [3.63, 3.8) is 0 Å². The van der Waals surface area contributed by atoms with Gasteiger partial charge in [0.2, 0.25) is 0 Å². The molecule has 1 saturated heterocycles. The highest BCUT2D eigenvalue weighted by Gasteiger charge is 2.22. The van der Waals surface area contributed by atoms with Crippen LogP contribution in [-0.2, 0) is 0 Å². The zero-order valence-electron chi connectivity index (χ0n) is 13.1. The second-order valence-corrected chi connectivity index (χ2v) is 6.12. The highest BCUT2D eigenvalue weighted by atomic mass is 16.1. The van der Waals surface area contributed by atoms with Gasteiger partial charge in [0.25, 0.3) is 0 Å². The molecule has 0 amide bonds. The molecule has 0 saturated carbocycles. The van der Waals surface area contributed by atoms with Crippen molar-refractivity contribution in [3.05, 3.63) is 34.9 Å².